The highest BCUT2D eigenvalue weighted by molar-refractivity contribution is 7.99. The number of rotatable bonds is 5. The van der Waals surface area contributed by atoms with E-state index in [9.17, 15) is 9.18 Å². The van der Waals surface area contributed by atoms with E-state index in [1.807, 2.05) is 18.7 Å². The number of thioether (sulfide) groups is 1. The first-order valence-electron chi connectivity index (χ1n) is 8.36. The Labute approximate surface area is 150 Å². The quantitative estimate of drug-likeness (QED) is 0.827. The minimum atomic E-state index is -0.234. The van der Waals surface area contributed by atoms with E-state index in [1.54, 1.807) is 12.1 Å². The molecule has 1 aliphatic heterocycles. The predicted octanol–water partition coefficient (Wildman–Crippen LogP) is 2.51. The molecule has 134 valence electrons. The summed E-state index contributed by atoms with van der Waals surface area (Å²) in [4.78, 5) is 20.8. The van der Waals surface area contributed by atoms with Crippen LogP contribution in [0.1, 0.15) is 25.6 Å². The lowest BCUT2D eigenvalue weighted by molar-refractivity contribution is -0.128. The second-order valence-corrected chi connectivity index (χ2v) is 7.23. The number of benzene rings is 1. The fourth-order valence-corrected chi connectivity index (χ4v) is 3.37. The fourth-order valence-electron chi connectivity index (χ4n) is 2.66. The van der Waals surface area contributed by atoms with Crippen molar-refractivity contribution in [1.82, 2.24) is 20.1 Å². The normalized spacial score (nSPS) is 15.0. The standard InChI is InChI=1S/C17H22FN5OS/c1-12(2)16-19-17(21-20-16)25-11-15(24)23-9-7-22(8-10-23)14-5-3-13(18)4-6-14/h3-6,12H,7-11H2,1-2H3,(H,19,20,21). The highest BCUT2D eigenvalue weighted by Gasteiger charge is 2.22. The molecule has 0 aliphatic carbocycles. The van der Waals surface area contributed by atoms with Crippen LogP contribution in [0.3, 0.4) is 0 Å². The Balaban J connectivity index is 1.47. The summed E-state index contributed by atoms with van der Waals surface area (Å²) in [7, 11) is 0. The zero-order valence-corrected chi connectivity index (χ0v) is 15.2. The second kappa shape index (κ2) is 7.86. The van der Waals surface area contributed by atoms with Crippen LogP contribution in [-0.2, 0) is 4.79 Å². The molecule has 1 N–H and O–H groups in total. The van der Waals surface area contributed by atoms with Gasteiger partial charge in [-0.05, 0) is 24.3 Å². The molecule has 0 saturated carbocycles. The van der Waals surface area contributed by atoms with Crippen LogP contribution >= 0.6 is 11.8 Å². The molecule has 0 bridgehead atoms. The maximum Gasteiger partial charge on any atom is 0.233 e. The van der Waals surface area contributed by atoms with Crippen LogP contribution in [0.2, 0.25) is 0 Å². The summed E-state index contributed by atoms with van der Waals surface area (Å²) < 4.78 is 13.0. The van der Waals surface area contributed by atoms with Crippen LogP contribution in [0.4, 0.5) is 10.1 Å². The van der Waals surface area contributed by atoms with E-state index in [0.717, 1.165) is 24.6 Å². The minimum absolute atomic E-state index is 0.0969. The summed E-state index contributed by atoms with van der Waals surface area (Å²) in [5, 5.41) is 7.64. The van der Waals surface area contributed by atoms with Gasteiger partial charge in [0.05, 0.1) is 5.75 Å². The number of piperazine rings is 1. The largest absolute Gasteiger partial charge is 0.368 e. The SMILES string of the molecule is CC(C)c1nc(SCC(=O)N2CCN(c3ccc(F)cc3)CC2)n[nH]1. The van der Waals surface area contributed by atoms with Crippen LogP contribution in [0, 0.1) is 5.82 Å². The van der Waals surface area contributed by atoms with Crippen LogP contribution in [0.5, 0.6) is 0 Å². The second-order valence-electron chi connectivity index (χ2n) is 6.29. The van der Waals surface area contributed by atoms with Gasteiger partial charge in [-0.3, -0.25) is 9.89 Å². The molecule has 6 nitrogen and oxygen atoms in total. The monoisotopic (exact) mass is 363 g/mol. The van der Waals surface area contributed by atoms with Crippen molar-refractivity contribution >= 4 is 23.4 Å². The highest BCUT2D eigenvalue weighted by Crippen LogP contribution is 2.19. The van der Waals surface area contributed by atoms with E-state index in [-0.39, 0.29) is 17.6 Å². The number of aromatic nitrogens is 3. The van der Waals surface area contributed by atoms with Gasteiger partial charge in [-0.1, -0.05) is 25.6 Å². The lowest BCUT2D eigenvalue weighted by Crippen LogP contribution is -2.49. The van der Waals surface area contributed by atoms with Gasteiger partial charge in [-0.15, -0.1) is 5.10 Å². The lowest BCUT2D eigenvalue weighted by atomic mass is 10.2. The van der Waals surface area contributed by atoms with Gasteiger partial charge in [-0.2, -0.15) is 0 Å². The average molecular weight is 363 g/mol. The van der Waals surface area contributed by atoms with E-state index < -0.39 is 0 Å². The number of carbonyl (C=O) groups is 1. The molecule has 3 rings (SSSR count). The number of hydrogen-bond donors (Lipinski definition) is 1. The first kappa shape index (κ1) is 17.7. The molecule has 0 radical (unpaired) electrons. The first-order valence-corrected chi connectivity index (χ1v) is 9.35. The Morgan fingerprint density at radius 2 is 1.92 bits per heavy atom. The molecule has 1 saturated heterocycles. The first-order chi connectivity index (χ1) is 12.0. The van der Waals surface area contributed by atoms with Gasteiger partial charge in [0.2, 0.25) is 11.1 Å². The van der Waals surface area contributed by atoms with Gasteiger partial charge >= 0.3 is 0 Å². The van der Waals surface area contributed by atoms with Gasteiger partial charge in [0.1, 0.15) is 11.6 Å². The maximum absolute atomic E-state index is 13.0. The molecule has 1 amide bonds. The highest BCUT2D eigenvalue weighted by atomic mass is 32.2. The zero-order chi connectivity index (χ0) is 17.8. The summed E-state index contributed by atoms with van der Waals surface area (Å²) in [5.74, 6) is 1.33. The van der Waals surface area contributed by atoms with E-state index in [4.69, 9.17) is 0 Å². The molecule has 0 spiro atoms. The van der Waals surface area contributed by atoms with Crippen LogP contribution < -0.4 is 4.90 Å². The molecule has 2 aromatic rings. The third-order valence-electron chi connectivity index (χ3n) is 4.18. The van der Waals surface area contributed by atoms with Crippen molar-refractivity contribution in [3.05, 3.63) is 35.9 Å². The molecule has 25 heavy (non-hydrogen) atoms. The summed E-state index contributed by atoms with van der Waals surface area (Å²) in [6, 6.07) is 6.48. The third kappa shape index (κ3) is 4.50. The molecular weight excluding hydrogens is 341 g/mol. The molecular formula is C17H22FN5OS. The van der Waals surface area contributed by atoms with Crippen molar-refractivity contribution in [3.8, 4) is 0 Å². The number of amides is 1. The van der Waals surface area contributed by atoms with Crippen molar-refractivity contribution in [2.75, 3.05) is 36.8 Å². The summed E-state index contributed by atoms with van der Waals surface area (Å²) in [5.41, 5.74) is 0.991. The molecule has 0 atom stereocenters. The number of aromatic amines is 1. The number of halogens is 1. The maximum atomic E-state index is 13.0. The van der Waals surface area contributed by atoms with Gasteiger partial charge < -0.3 is 9.80 Å². The molecule has 1 aromatic heterocycles. The lowest BCUT2D eigenvalue weighted by Gasteiger charge is -2.36. The number of carbonyl (C=O) groups excluding carboxylic acids is 1. The Bertz CT molecular complexity index is 710. The van der Waals surface area contributed by atoms with Crippen molar-refractivity contribution in [3.63, 3.8) is 0 Å². The molecule has 2 heterocycles. The van der Waals surface area contributed by atoms with Gasteiger partial charge in [0.15, 0.2) is 0 Å². The number of nitrogens with zero attached hydrogens (tertiary/aromatic N) is 4. The minimum Gasteiger partial charge on any atom is -0.368 e. The Kier molecular flexibility index (Phi) is 5.57. The molecule has 1 fully saturated rings. The summed E-state index contributed by atoms with van der Waals surface area (Å²) in [6.07, 6.45) is 0. The van der Waals surface area contributed by atoms with Crippen LogP contribution in [-0.4, -0.2) is 57.9 Å². The molecule has 0 unspecified atom stereocenters. The average Bonchev–Trinajstić information content (AvgIpc) is 3.10. The molecule has 1 aromatic carbocycles. The van der Waals surface area contributed by atoms with E-state index in [0.29, 0.717) is 24.0 Å². The molecule has 1 aliphatic rings. The smallest absolute Gasteiger partial charge is 0.233 e. The zero-order valence-electron chi connectivity index (χ0n) is 14.4. The number of anilines is 1. The van der Waals surface area contributed by atoms with Crippen LogP contribution in [0.15, 0.2) is 29.4 Å². The predicted molar refractivity (Wildman–Crippen MR) is 96.4 cm³/mol. The number of nitrogens with one attached hydrogen (secondary N) is 1. The van der Waals surface area contributed by atoms with E-state index >= 15 is 0 Å². The van der Waals surface area contributed by atoms with Gasteiger partial charge in [0.25, 0.3) is 0 Å². The topological polar surface area (TPSA) is 65.1 Å². The van der Waals surface area contributed by atoms with E-state index in [2.05, 4.69) is 20.1 Å². The number of H-pyrrole nitrogens is 1. The van der Waals surface area contributed by atoms with Crippen molar-refractivity contribution in [2.24, 2.45) is 0 Å². The van der Waals surface area contributed by atoms with Gasteiger partial charge in [0, 0.05) is 37.8 Å². The van der Waals surface area contributed by atoms with E-state index in [1.165, 1.54) is 23.9 Å². The number of hydrogen-bond acceptors (Lipinski definition) is 5. The Morgan fingerprint density at radius 1 is 1.24 bits per heavy atom. The Hall–Kier alpha value is -2.09. The van der Waals surface area contributed by atoms with Crippen molar-refractivity contribution in [2.45, 2.75) is 24.9 Å². The van der Waals surface area contributed by atoms with Crippen molar-refractivity contribution in [1.29, 1.82) is 0 Å². The summed E-state index contributed by atoms with van der Waals surface area (Å²) >= 11 is 1.36. The molecule has 8 heteroatoms. The fraction of sp³-hybridized carbons (Fsp3) is 0.471. The Morgan fingerprint density at radius 3 is 2.52 bits per heavy atom. The summed E-state index contributed by atoms with van der Waals surface area (Å²) in [6.45, 7) is 6.92. The van der Waals surface area contributed by atoms with Crippen LogP contribution in [0.25, 0.3) is 0 Å². The van der Waals surface area contributed by atoms with Gasteiger partial charge in [-0.25, -0.2) is 9.37 Å². The van der Waals surface area contributed by atoms with Crippen molar-refractivity contribution < 1.29 is 9.18 Å². The third-order valence-corrected chi connectivity index (χ3v) is 5.01.